The highest BCUT2D eigenvalue weighted by Crippen LogP contribution is 2.08. The SMILES string of the molecule is CC/C=C(\C/C=C\C/C=C\CCCCCCC[C]=O)[N+](=O)[O-]. The van der Waals surface area contributed by atoms with E-state index in [1.54, 1.807) is 6.08 Å². The number of carbonyl (C=O) groups excluding carboxylic acids is 1. The van der Waals surface area contributed by atoms with Crippen LogP contribution in [0.2, 0.25) is 0 Å². The van der Waals surface area contributed by atoms with Crippen molar-refractivity contribution in [2.75, 3.05) is 0 Å². The van der Waals surface area contributed by atoms with Crippen LogP contribution >= 0.6 is 0 Å². The highest BCUT2D eigenvalue weighted by atomic mass is 16.6. The van der Waals surface area contributed by atoms with Crippen LogP contribution in [0.1, 0.15) is 71.1 Å². The van der Waals surface area contributed by atoms with Gasteiger partial charge in [-0.15, -0.1) is 0 Å². The standard InChI is InChI=1S/C18H28NO3/c1-2-15-18(19(21)22)16-13-11-9-7-5-3-4-6-8-10-12-14-17-20/h5,7,11,13,15H,2-4,6,8-10,12,14,16H2,1H3/b7-5-,13-11-,18-15+. The molecular weight excluding hydrogens is 278 g/mol. The van der Waals surface area contributed by atoms with E-state index < -0.39 is 0 Å². The fourth-order valence-electron chi connectivity index (χ4n) is 2.05. The summed E-state index contributed by atoms with van der Waals surface area (Å²) < 4.78 is 0. The number of hydrogen-bond acceptors (Lipinski definition) is 3. The van der Waals surface area contributed by atoms with Gasteiger partial charge in [-0.25, -0.2) is 0 Å². The molecule has 0 aliphatic heterocycles. The second kappa shape index (κ2) is 15.7. The van der Waals surface area contributed by atoms with Crippen LogP contribution < -0.4 is 0 Å². The van der Waals surface area contributed by atoms with Gasteiger partial charge in [-0.05, 0) is 38.2 Å². The van der Waals surface area contributed by atoms with Gasteiger partial charge >= 0.3 is 0 Å². The smallest absolute Gasteiger partial charge is 0.246 e. The molecule has 0 aliphatic carbocycles. The maximum Gasteiger partial charge on any atom is 0.246 e. The minimum atomic E-state index is -0.309. The molecule has 0 saturated carbocycles. The molecule has 0 rings (SSSR count). The van der Waals surface area contributed by atoms with Gasteiger partial charge in [0.2, 0.25) is 5.70 Å². The summed E-state index contributed by atoms with van der Waals surface area (Å²) in [5.74, 6) is 0. The summed E-state index contributed by atoms with van der Waals surface area (Å²) in [6, 6.07) is 0. The maximum absolute atomic E-state index is 10.7. The molecule has 0 N–H and O–H groups in total. The number of unbranched alkanes of at least 4 members (excludes halogenated alkanes) is 6. The van der Waals surface area contributed by atoms with E-state index >= 15 is 0 Å². The lowest BCUT2D eigenvalue weighted by Crippen LogP contribution is -1.96. The Bertz CT molecular complexity index is 384. The monoisotopic (exact) mass is 306 g/mol. The minimum absolute atomic E-state index is 0.273. The summed E-state index contributed by atoms with van der Waals surface area (Å²) in [4.78, 5) is 20.4. The molecule has 0 spiro atoms. The normalized spacial score (nSPS) is 12.3. The molecular formula is C18H28NO3. The zero-order chi connectivity index (χ0) is 16.5. The lowest BCUT2D eigenvalue weighted by Gasteiger charge is -1.97. The van der Waals surface area contributed by atoms with Crippen LogP contribution in [0.15, 0.2) is 36.1 Å². The van der Waals surface area contributed by atoms with Crippen LogP contribution in [-0.2, 0) is 4.79 Å². The number of nitro groups is 1. The topological polar surface area (TPSA) is 60.2 Å². The van der Waals surface area contributed by atoms with Gasteiger partial charge in [-0.1, -0.05) is 50.5 Å². The summed E-state index contributed by atoms with van der Waals surface area (Å²) in [5, 5.41) is 10.7. The van der Waals surface area contributed by atoms with Gasteiger partial charge in [0.05, 0.1) is 11.3 Å². The third-order valence-corrected chi connectivity index (χ3v) is 3.26. The summed E-state index contributed by atoms with van der Waals surface area (Å²) >= 11 is 0. The lowest BCUT2D eigenvalue weighted by molar-refractivity contribution is -0.427. The second-order valence-electron chi connectivity index (χ2n) is 5.19. The van der Waals surface area contributed by atoms with Crippen molar-refractivity contribution in [1.29, 1.82) is 0 Å². The summed E-state index contributed by atoms with van der Waals surface area (Å²) in [5.41, 5.74) is 0.273. The van der Waals surface area contributed by atoms with Crippen LogP contribution in [0.4, 0.5) is 0 Å². The van der Waals surface area contributed by atoms with E-state index in [0.717, 1.165) is 25.7 Å². The fourth-order valence-corrected chi connectivity index (χ4v) is 2.05. The van der Waals surface area contributed by atoms with Gasteiger partial charge in [-0.2, -0.15) is 0 Å². The largest absolute Gasteiger partial charge is 0.291 e. The lowest BCUT2D eigenvalue weighted by atomic mass is 10.1. The molecule has 0 aromatic heterocycles. The highest BCUT2D eigenvalue weighted by molar-refractivity contribution is 5.50. The zero-order valence-electron chi connectivity index (χ0n) is 13.6. The van der Waals surface area contributed by atoms with Gasteiger partial charge in [0, 0.05) is 6.42 Å². The first-order chi connectivity index (χ1) is 10.7. The Kier molecular flexibility index (Phi) is 14.5. The Balaban J connectivity index is 3.57. The molecule has 4 nitrogen and oxygen atoms in total. The molecule has 1 radical (unpaired) electrons. The minimum Gasteiger partial charge on any atom is -0.291 e. The van der Waals surface area contributed by atoms with Crippen molar-refractivity contribution in [3.05, 3.63) is 46.2 Å². The van der Waals surface area contributed by atoms with Gasteiger partial charge in [0.25, 0.3) is 0 Å². The van der Waals surface area contributed by atoms with Crippen LogP contribution in [-0.4, -0.2) is 11.2 Å². The zero-order valence-corrected chi connectivity index (χ0v) is 13.6. The molecule has 0 aromatic rings. The van der Waals surface area contributed by atoms with Crippen LogP contribution in [0.3, 0.4) is 0 Å². The average molecular weight is 306 g/mol. The summed E-state index contributed by atoms with van der Waals surface area (Å²) in [7, 11) is 0. The van der Waals surface area contributed by atoms with E-state index in [2.05, 4.69) is 12.2 Å². The third kappa shape index (κ3) is 13.3. The van der Waals surface area contributed by atoms with Gasteiger partial charge < -0.3 is 0 Å². The van der Waals surface area contributed by atoms with E-state index in [9.17, 15) is 14.9 Å². The van der Waals surface area contributed by atoms with Crippen LogP contribution in [0, 0.1) is 10.1 Å². The van der Waals surface area contributed by atoms with E-state index in [0.29, 0.717) is 19.3 Å². The van der Waals surface area contributed by atoms with E-state index in [1.165, 1.54) is 19.3 Å². The molecule has 4 heteroatoms. The number of allylic oxidation sites excluding steroid dienone is 5. The Morgan fingerprint density at radius 1 is 1.05 bits per heavy atom. The molecule has 0 amide bonds. The van der Waals surface area contributed by atoms with E-state index in [1.807, 2.05) is 25.4 Å². The maximum atomic E-state index is 10.7. The van der Waals surface area contributed by atoms with Crippen LogP contribution in [0.5, 0.6) is 0 Å². The predicted octanol–water partition coefficient (Wildman–Crippen LogP) is 5.29. The first-order valence-corrected chi connectivity index (χ1v) is 8.20. The number of hydrogen-bond donors (Lipinski definition) is 0. The van der Waals surface area contributed by atoms with Crippen LogP contribution in [0.25, 0.3) is 0 Å². The van der Waals surface area contributed by atoms with Crippen molar-refractivity contribution in [2.45, 2.75) is 71.1 Å². The van der Waals surface area contributed by atoms with E-state index in [-0.39, 0.29) is 10.6 Å². The van der Waals surface area contributed by atoms with Gasteiger partial charge in [0.1, 0.15) is 0 Å². The Hall–Kier alpha value is -1.71. The second-order valence-corrected chi connectivity index (χ2v) is 5.19. The predicted molar refractivity (Wildman–Crippen MR) is 90.9 cm³/mol. The molecule has 0 aliphatic rings. The van der Waals surface area contributed by atoms with Gasteiger partial charge in [0.15, 0.2) is 6.29 Å². The fraction of sp³-hybridized carbons (Fsp3) is 0.611. The Labute approximate surface area is 134 Å². The van der Waals surface area contributed by atoms with E-state index in [4.69, 9.17) is 0 Å². The summed E-state index contributed by atoms with van der Waals surface area (Å²) in [6.07, 6.45) is 20.9. The number of rotatable bonds is 14. The molecule has 0 saturated heterocycles. The van der Waals surface area contributed by atoms with Gasteiger partial charge in [-0.3, -0.25) is 14.9 Å². The molecule has 123 valence electrons. The highest BCUT2D eigenvalue weighted by Gasteiger charge is 2.05. The van der Waals surface area contributed by atoms with Crippen molar-refractivity contribution in [3.8, 4) is 0 Å². The molecule has 0 unspecified atom stereocenters. The first-order valence-electron chi connectivity index (χ1n) is 8.20. The number of nitrogens with zero attached hydrogens (tertiary/aromatic N) is 1. The molecule has 22 heavy (non-hydrogen) atoms. The Morgan fingerprint density at radius 2 is 1.73 bits per heavy atom. The van der Waals surface area contributed by atoms with Crippen molar-refractivity contribution in [3.63, 3.8) is 0 Å². The summed E-state index contributed by atoms with van der Waals surface area (Å²) in [6.45, 7) is 1.90. The quantitative estimate of drug-likeness (QED) is 0.189. The average Bonchev–Trinajstić information content (AvgIpc) is 2.50. The van der Waals surface area contributed by atoms with Crippen molar-refractivity contribution >= 4 is 6.29 Å². The van der Waals surface area contributed by atoms with Crippen molar-refractivity contribution < 1.29 is 9.72 Å². The first kappa shape index (κ1) is 20.3. The molecule has 0 fully saturated rings. The Morgan fingerprint density at radius 3 is 2.41 bits per heavy atom. The molecule has 0 atom stereocenters. The molecule has 0 heterocycles. The molecule has 0 bridgehead atoms. The van der Waals surface area contributed by atoms with Crippen molar-refractivity contribution in [1.82, 2.24) is 0 Å². The molecule has 0 aromatic carbocycles. The van der Waals surface area contributed by atoms with Crippen molar-refractivity contribution in [2.24, 2.45) is 0 Å². The third-order valence-electron chi connectivity index (χ3n) is 3.26.